The van der Waals surface area contributed by atoms with Gasteiger partial charge in [0.2, 0.25) is 0 Å². The topological polar surface area (TPSA) is 9.23 Å². The third-order valence-corrected chi connectivity index (χ3v) is 2.09. The summed E-state index contributed by atoms with van der Waals surface area (Å²) in [5, 5.41) is 0. The zero-order valence-corrected chi connectivity index (χ0v) is 6.77. The van der Waals surface area contributed by atoms with Crippen LogP contribution >= 0.6 is 0 Å². The SMILES string of the molecule is F[B-](F)(F)c1ccc2c(c1)CCO2. The minimum atomic E-state index is -4.87. The van der Waals surface area contributed by atoms with E-state index in [1.165, 1.54) is 12.1 Å². The maximum absolute atomic E-state index is 12.3. The highest BCUT2D eigenvalue weighted by atomic mass is 19.4. The standard InChI is InChI=1S/C8H7BF3O/c10-9(11,12)7-1-2-8-6(5-7)3-4-13-8/h1-2,5H,3-4H2/q-1. The number of hydrogen-bond donors (Lipinski definition) is 0. The van der Waals surface area contributed by atoms with Crippen LogP contribution in [-0.2, 0) is 6.42 Å². The predicted molar refractivity (Wildman–Crippen MR) is 44.4 cm³/mol. The van der Waals surface area contributed by atoms with E-state index in [4.69, 9.17) is 4.74 Å². The van der Waals surface area contributed by atoms with Crippen molar-refractivity contribution in [2.24, 2.45) is 0 Å². The van der Waals surface area contributed by atoms with Gasteiger partial charge in [0.1, 0.15) is 5.75 Å². The molecule has 1 nitrogen and oxygen atoms in total. The van der Waals surface area contributed by atoms with Gasteiger partial charge in [-0.3, -0.25) is 0 Å². The summed E-state index contributed by atoms with van der Waals surface area (Å²) in [6.45, 7) is -4.38. The van der Waals surface area contributed by atoms with Gasteiger partial charge in [0, 0.05) is 6.42 Å². The van der Waals surface area contributed by atoms with E-state index in [-0.39, 0.29) is 0 Å². The summed E-state index contributed by atoms with van der Waals surface area (Å²) in [6.07, 6.45) is 0.579. The molecule has 1 aromatic rings. The van der Waals surface area contributed by atoms with Gasteiger partial charge in [0.15, 0.2) is 0 Å². The van der Waals surface area contributed by atoms with Crippen molar-refractivity contribution in [3.8, 4) is 5.75 Å². The molecule has 0 unspecified atom stereocenters. The highest BCUT2D eigenvalue weighted by Gasteiger charge is 2.26. The Hall–Kier alpha value is -1.13. The van der Waals surface area contributed by atoms with Crippen molar-refractivity contribution >= 4 is 12.4 Å². The van der Waals surface area contributed by atoms with Crippen LogP contribution in [0.3, 0.4) is 0 Å². The fraction of sp³-hybridized carbons (Fsp3) is 0.250. The molecule has 0 radical (unpaired) electrons. The molecule has 0 aromatic heterocycles. The van der Waals surface area contributed by atoms with Crippen molar-refractivity contribution < 1.29 is 17.7 Å². The number of ether oxygens (including phenoxy) is 1. The molecule has 2 rings (SSSR count). The van der Waals surface area contributed by atoms with E-state index in [0.717, 1.165) is 6.07 Å². The van der Waals surface area contributed by atoms with E-state index in [9.17, 15) is 12.9 Å². The summed E-state index contributed by atoms with van der Waals surface area (Å²) < 4.78 is 41.9. The van der Waals surface area contributed by atoms with E-state index >= 15 is 0 Å². The van der Waals surface area contributed by atoms with Crippen LogP contribution in [0.15, 0.2) is 18.2 Å². The Morgan fingerprint density at radius 1 is 1.23 bits per heavy atom. The van der Waals surface area contributed by atoms with Crippen LogP contribution in [0, 0.1) is 0 Å². The molecule has 1 aliphatic rings. The van der Waals surface area contributed by atoms with E-state index in [1.54, 1.807) is 0 Å². The Balaban J connectivity index is 2.42. The molecule has 0 bridgehead atoms. The molecule has 0 aliphatic carbocycles. The second-order valence-electron chi connectivity index (χ2n) is 3.04. The third kappa shape index (κ3) is 1.50. The summed E-state index contributed by atoms with van der Waals surface area (Å²) in [5.41, 5.74) is 0.126. The maximum Gasteiger partial charge on any atom is 0.509 e. The molecule has 0 spiro atoms. The Kier molecular flexibility index (Phi) is 1.75. The Bertz CT molecular complexity index is 335. The maximum atomic E-state index is 12.3. The smallest absolute Gasteiger partial charge is 0.493 e. The predicted octanol–water partition coefficient (Wildman–Crippen LogP) is 1.68. The van der Waals surface area contributed by atoms with Gasteiger partial charge in [-0.05, 0) is 11.6 Å². The van der Waals surface area contributed by atoms with Gasteiger partial charge in [-0.1, -0.05) is 12.1 Å². The molecule has 1 heterocycles. The number of hydrogen-bond acceptors (Lipinski definition) is 1. The Labute approximate surface area is 73.6 Å². The fourth-order valence-corrected chi connectivity index (χ4v) is 1.41. The van der Waals surface area contributed by atoms with Crippen LogP contribution < -0.4 is 10.2 Å². The lowest BCUT2D eigenvalue weighted by Gasteiger charge is -2.15. The van der Waals surface area contributed by atoms with Crippen LogP contribution in [0.1, 0.15) is 5.56 Å². The first-order chi connectivity index (χ1) is 6.07. The van der Waals surface area contributed by atoms with E-state index in [1.807, 2.05) is 0 Å². The lowest BCUT2D eigenvalue weighted by Crippen LogP contribution is -2.33. The lowest BCUT2D eigenvalue weighted by molar-refractivity contribution is 0.357. The van der Waals surface area contributed by atoms with Crippen molar-refractivity contribution in [3.63, 3.8) is 0 Å². The van der Waals surface area contributed by atoms with Crippen LogP contribution in [0.2, 0.25) is 0 Å². The molecular weight excluding hydrogens is 180 g/mol. The number of benzene rings is 1. The zero-order chi connectivity index (χ0) is 9.47. The molecule has 0 atom stereocenters. The minimum absolute atomic E-state index is 0.490. The van der Waals surface area contributed by atoms with Crippen molar-refractivity contribution in [1.29, 1.82) is 0 Å². The molecule has 0 saturated heterocycles. The average molecular weight is 187 g/mol. The molecule has 0 saturated carbocycles. The second-order valence-corrected chi connectivity index (χ2v) is 3.04. The van der Waals surface area contributed by atoms with Gasteiger partial charge >= 0.3 is 6.98 Å². The number of fused-ring (bicyclic) bond motifs is 1. The summed E-state index contributed by atoms with van der Waals surface area (Å²) >= 11 is 0. The highest BCUT2D eigenvalue weighted by Crippen LogP contribution is 2.24. The first-order valence-corrected chi connectivity index (χ1v) is 4.03. The van der Waals surface area contributed by atoms with Gasteiger partial charge in [0.05, 0.1) is 6.61 Å². The van der Waals surface area contributed by atoms with Gasteiger partial charge in [-0.25, -0.2) is 0 Å². The van der Waals surface area contributed by atoms with Crippen molar-refractivity contribution in [3.05, 3.63) is 23.8 Å². The Morgan fingerprint density at radius 3 is 2.69 bits per heavy atom. The highest BCUT2D eigenvalue weighted by molar-refractivity contribution is 6.73. The minimum Gasteiger partial charge on any atom is -0.493 e. The third-order valence-electron chi connectivity index (χ3n) is 2.09. The summed E-state index contributed by atoms with van der Waals surface area (Å²) in [7, 11) is 0. The number of rotatable bonds is 1. The van der Waals surface area contributed by atoms with Crippen molar-refractivity contribution in [1.82, 2.24) is 0 Å². The average Bonchev–Trinajstić information content (AvgIpc) is 2.47. The summed E-state index contributed by atoms with van der Waals surface area (Å²) in [5.74, 6) is 0.587. The molecule has 0 N–H and O–H groups in total. The van der Waals surface area contributed by atoms with E-state index in [0.29, 0.717) is 24.3 Å². The molecule has 70 valence electrons. The molecular formula is C8H7BF3O-. The van der Waals surface area contributed by atoms with Gasteiger partial charge in [0.25, 0.3) is 0 Å². The van der Waals surface area contributed by atoms with E-state index < -0.39 is 12.4 Å². The van der Waals surface area contributed by atoms with Crippen molar-refractivity contribution in [2.45, 2.75) is 6.42 Å². The number of halogens is 3. The van der Waals surface area contributed by atoms with Gasteiger partial charge < -0.3 is 17.7 Å². The zero-order valence-electron chi connectivity index (χ0n) is 6.77. The molecule has 1 aliphatic heterocycles. The normalized spacial score (nSPS) is 15.3. The molecule has 5 heteroatoms. The van der Waals surface area contributed by atoms with E-state index in [2.05, 4.69) is 0 Å². The second kappa shape index (κ2) is 2.68. The van der Waals surface area contributed by atoms with Gasteiger partial charge in [-0.15, -0.1) is 5.46 Å². The first kappa shape index (κ1) is 8.47. The van der Waals surface area contributed by atoms with Crippen molar-refractivity contribution in [2.75, 3.05) is 6.61 Å². The first-order valence-electron chi connectivity index (χ1n) is 4.03. The largest absolute Gasteiger partial charge is 0.509 e. The quantitative estimate of drug-likeness (QED) is 0.607. The molecule has 1 aromatic carbocycles. The summed E-state index contributed by atoms with van der Waals surface area (Å²) in [4.78, 5) is 0. The van der Waals surface area contributed by atoms with Crippen LogP contribution in [-0.4, -0.2) is 13.6 Å². The molecule has 0 amide bonds. The van der Waals surface area contributed by atoms with Crippen LogP contribution in [0.5, 0.6) is 5.75 Å². The fourth-order valence-electron chi connectivity index (χ4n) is 1.41. The van der Waals surface area contributed by atoms with Crippen LogP contribution in [0.4, 0.5) is 12.9 Å². The molecule has 0 fully saturated rings. The van der Waals surface area contributed by atoms with Gasteiger partial charge in [-0.2, -0.15) is 0 Å². The monoisotopic (exact) mass is 187 g/mol. The van der Waals surface area contributed by atoms with Crippen LogP contribution in [0.25, 0.3) is 0 Å². The Morgan fingerprint density at radius 2 is 2.00 bits per heavy atom. The molecule has 13 heavy (non-hydrogen) atoms. The lowest BCUT2D eigenvalue weighted by atomic mass is 9.79. The summed E-state index contributed by atoms with van der Waals surface area (Å²) in [6, 6.07) is 3.65.